The lowest BCUT2D eigenvalue weighted by atomic mass is 10.0. The van der Waals surface area contributed by atoms with E-state index in [1.54, 1.807) is 54.6 Å². The molecule has 0 aliphatic rings. The van der Waals surface area contributed by atoms with E-state index in [2.05, 4.69) is 13.2 Å². The topological polar surface area (TPSA) is 44.8 Å². The van der Waals surface area contributed by atoms with Gasteiger partial charge in [0.15, 0.2) is 0 Å². The van der Waals surface area contributed by atoms with Crippen molar-refractivity contribution < 1.29 is 18.1 Å². The molecule has 3 aromatic carbocycles. The van der Waals surface area contributed by atoms with Gasteiger partial charge in [0.05, 0.1) is 0 Å². The highest BCUT2D eigenvalue weighted by atomic mass is 31.2. The van der Waals surface area contributed by atoms with Gasteiger partial charge < -0.3 is 13.6 Å². The van der Waals surface area contributed by atoms with Crippen LogP contribution in [0.15, 0.2) is 104 Å². The molecular formula is C23H21O4P. The Bertz CT molecular complexity index is 938. The fraction of sp³-hybridized carbons (Fsp3) is 0.0435. The summed E-state index contributed by atoms with van der Waals surface area (Å²) in [6.45, 7) is 7.72. The first-order valence-corrected chi connectivity index (χ1v) is 10.2. The quantitative estimate of drug-likeness (QED) is 0.232. The number of allylic oxidation sites excluding steroid dienone is 1. The first-order chi connectivity index (χ1) is 13.6. The van der Waals surface area contributed by atoms with Gasteiger partial charge in [0.1, 0.15) is 17.3 Å². The van der Waals surface area contributed by atoms with Crippen molar-refractivity contribution in [2.75, 3.05) is 0 Å². The molecule has 0 N–H and O–H groups in total. The van der Waals surface area contributed by atoms with Gasteiger partial charge in [-0.25, -0.2) is 0 Å². The van der Waals surface area contributed by atoms with E-state index in [4.69, 9.17) is 13.6 Å². The predicted octanol–water partition coefficient (Wildman–Crippen LogP) is 6.67. The highest BCUT2D eigenvalue weighted by Gasteiger charge is 2.34. The molecule has 0 unspecified atom stereocenters. The van der Waals surface area contributed by atoms with Crippen molar-refractivity contribution in [1.29, 1.82) is 0 Å². The highest BCUT2D eigenvalue weighted by Crippen LogP contribution is 2.52. The molecule has 0 fully saturated rings. The van der Waals surface area contributed by atoms with Gasteiger partial charge in [-0.05, 0) is 36.2 Å². The average Bonchev–Trinajstić information content (AvgIpc) is 2.70. The molecule has 4 nitrogen and oxygen atoms in total. The monoisotopic (exact) mass is 392 g/mol. The van der Waals surface area contributed by atoms with E-state index < -0.39 is 7.82 Å². The summed E-state index contributed by atoms with van der Waals surface area (Å²) in [5.74, 6) is 0.940. The van der Waals surface area contributed by atoms with Crippen LogP contribution in [-0.4, -0.2) is 0 Å². The third-order valence-corrected chi connectivity index (χ3v) is 5.14. The molecule has 28 heavy (non-hydrogen) atoms. The number of phosphoric acid groups is 1. The van der Waals surface area contributed by atoms with Crippen molar-refractivity contribution in [2.24, 2.45) is 0 Å². The lowest BCUT2D eigenvalue weighted by molar-refractivity contribution is 0.285. The third kappa shape index (κ3) is 5.15. The first kappa shape index (κ1) is 19.5. The molecular weight excluding hydrogens is 371 g/mol. The second-order valence-corrected chi connectivity index (χ2v) is 7.36. The van der Waals surface area contributed by atoms with Crippen molar-refractivity contribution in [2.45, 2.75) is 6.42 Å². The van der Waals surface area contributed by atoms with Crippen molar-refractivity contribution in [3.05, 3.63) is 115 Å². The zero-order chi connectivity index (χ0) is 19.8. The maximum Gasteiger partial charge on any atom is 0.647 e. The molecule has 0 radical (unpaired) electrons. The molecule has 5 heteroatoms. The summed E-state index contributed by atoms with van der Waals surface area (Å²) in [6.07, 6.45) is 2.41. The molecule has 0 bridgehead atoms. The summed E-state index contributed by atoms with van der Waals surface area (Å²) < 4.78 is 30.4. The van der Waals surface area contributed by atoms with E-state index in [9.17, 15) is 4.57 Å². The van der Waals surface area contributed by atoms with Gasteiger partial charge in [-0.15, -0.1) is 6.58 Å². The lowest BCUT2D eigenvalue weighted by Gasteiger charge is -2.21. The molecule has 0 aromatic heterocycles. The summed E-state index contributed by atoms with van der Waals surface area (Å²) in [4.78, 5) is 0. The standard InChI is InChI=1S/C23H21O4P/c1-3-12-20-13-10-11-18-23(20)19(2)25-28(24,26-21-14-6-4-7-15-21)27-22-16-8-5-9-17-22/h3-11,13-18H,1-2,12H2. The van der Waals surface area contributed by atoms with Crippen LogP contribution in [0.25, 0.3) is 5.76 Å². The molecule has 0 heterocycles. The second-order valence-electron chi connectivity index (χ2n) is 5.92. The number of phosphoric ester groups is 1. The van der Waals surface area contributed by atoms with Gasteiger partial charge in [-0.3, -0.25) is 0 Å². The second kappa shape index (κ2) is 9.12. The fourth-order valence-electron chi connectivity index (χ4n) is 2.59. The number of hydrogen-bond donors (Lipinski definition) is 0. The van der Waals surface area contributed by atoms with Crippen molar-refractivity contribution in [3.8, 4) is 11.5 Å². The fourth-order valence-corrected chi connectivity index (χ4v) is 3.83. The largest absolute Gasteiger partial charge is 0.647 e. The summed E-state index contributed by atoms with van der Waals surface area (Å²) in [5, 5.41) is 0. The normalized spacial score (nSPS) is 10.7. The Labute approximate surface area is 165 Å². The van der Waals surface area contributed by atoms with Gasteiger partial charge in [-0.1, -0.05) is 73.3 Å². The predicted molar refractivity (Wildman–Crippen MR) is 112 cm³/mol. The van der Waals surface area contributed by atoms with E-state index in [1.807, 2.05) is 36.4 Å². The molecule has 3 rings (SSSR count). The minimum Gasteiger partial charge on any atom is -0.386 e. The van der Waals surface area contributed by atoms with Gasteiger partial charge >= 0.3 is 7.82 Å². The van der Waals surface area contributed by atoms with E-state index in [0.29, 0.717) is 17.9 Å². The average molecular weight is 392 g/mol. The Morgan fingerprint density at radius 1 is 0.821 bits per heavy atom. The van der Waals surface area contributed by atoms with Crippen LogP contribution in [0.3, 0.4) is 0 Å². The number of hydrogen-bond acceptors (Lipinski definition) is 4. The van der Waals surface area contributed by atoms with Crippen molar-refractivity contribution in [3.63, 3.8) is 0 Å². The van der Waals surface area contributed by atoms with E-state index in [-0.39, 0.29) is 5.76 Å². The van der Waals surface area contributed by atoms with Gasteiger partial charge in [-0.2, -0.15) is 4.57 Å². The Balaban J connectivity index is 1.89. The molecule has 0 atom stereocenters. The number of rotatable bonds is 9. The molecule has 0 spiro atoms. The summed E-state index contributed by atoms with van der Waals surface area (Å²) in [5.41, 5.74) is 1.67. The van der Waals surface area contributed by atoms with Crippen LogP contribution in [0.1, 0.15) is 11.1 Å². The summed E-state index contributed by atoms with van der Waals surface area (Å²) in [6, 6.07) is 25.0. The highest BCUT2D eigenvalue weighted by molar-refractivity contribution is 7.49. The Kier molecular flexibility index (Phi) is 6.36. The zero-order valence-electron chi connectivity index (χ0n) is 15.4. The molecule has 3 aromatic rings. The maximum absolute atomic E-state index is 13.5. The van der Waals surface area contributed by atoms with Gasteiger partial charge in [0.25, 0.3) is 0 Å². The molecule has 142 valence electrons. The summed E-state index contributed by atoms with van der Waals surface area (Å²) >= 11 is 0. The van der Waals surface area contributed by atoms with Crippen molar-refractivity contribution >= 4 is 13.6 Å². The van der Waals surface area contributed by atoms with Crippen LogP contribution in [-0.2, 0) is 15.5 Å². The van der Waals surface area contributed by atoms with Gasteiger partial charge in [0, 0.05) is 5.56 Å². The number of benzene rings is 3. The summed E-state index contributed by atoms with van der Waals surface area (Å²) in [7, 11) is -4.05. The van der Waals surface area contributed by atoms with Gasteiger partial charge in [0.2, 0.25) is 0 Å². The van der Waals surface area contributed by atoms with E-state index in [1.165, 1.54) is 0 Å². The van der Waals surface area contributed by atoms with Crippen LogP contribution >= 0.6 is 7.82 Å². The SMILES string of the molecule is C=CCc1ccccc1C(=C)OP(=O)(Oc1ccccc1)Oc1ccccc1. The minimum absolute atomic E-state index is 0.202. The number of para-hydroxylation sites is 2. The Morgan fingerprint density at radius 2 is 1.32 bits per heavy atom. The Hall–Kier alpha value is -3.23. The van der Waals surface area contributed by atoms with E-state index >= 15 is 0 Å². The maximum atomic E-state index is 13.5. The zero-order valence-corrected chi connectivity index (χ0v) is 16.3. The molecule has 0 aliphatic carbocycles. The van der Waals surface area contributed by atoms with Crippen LogP contribution in [0, 0.1) is 0 Å². The molecule has 0 amide bonds. The smallest absolute Gasteiger partial charge is 0.386 e. The van der Waals surface area contributed by atoms with Crippen LogP contribution < -0.4 is 9.05 Å². The van der Waals surface area contributed by atoms with Crippen LogP contribution in [0.2, 0.25) is 0 Å². The molecule has 0 saturated heterocycles. The van der Waals surface area contributed by atoms with E-state index in [0.717, 1.165) is 11.1 Å². The molecule has 0 aliphatic heterocycles. The first-order valence-electron chi connectivity index (χ1n) is 8.76. The lowest BCUT2D eigenvalue weighted by Crippen LogP contribution is -2.05. The Morgan fingerprint density at radius 3 is 1.86 bits per heavy atom. The third-order valence-electron chi connectivity index (χ3n) is 3.82. The van der Waals surface area contributed by atoms with Crippen LogP contribution in [0.4, 0.5) is 0 Å². The van der Waals surface area contributed by atoms with Crippen LogP contribution in [0.5, 0.6) is 11.5 Å². The molecule has 0 saturated carbocycles. The van der Waals surface area contributed by atoms with Crippen molar-refractivity contribution in [1.82, 2.24) is 0 Å². The minimum atomic E-state index is -4.05.